The molecule has 3 rings (SSSR count). The van der Waals surface area contributed by atoms with E-state index in [9.17, 15) is 0 Å². The second-order valence-electron chi connectivity index (χ2n) is 6.17. The van der Waals surface area contributed by atoms with E-state index in [1.54, 1.807) is 0 Å². The lowest BCUT2D eigenvalue weighted by Gasteiger charge is -2.23. The van der Waals surface area contributed by atoms with Gasteiger partial charge in [0.2, 0.25) is 0 Å². The molecule has 0 fully saturated rings. The molecule has 1 unspecified atom stereocenters. The van der Waals surface area contributed by atoms with Gasteiger partial charge in [-0.15, -0.1) is 0 Å². The highest BCUT2D eigenvalue weighted by molar-refractivity contribution is 5.89. The molecular weight excluding hydrogens is 276 g/mol. The van der Waals surface area contributed by atoms with Crippen molar-refractivity contribution in [3.8, 4) is 0 Å². The van der Waals surface area contributed by atoms with E-state index >= 15 is 0 Å². The fourth-order valence-corrected chi connectivity index (χ4v) is 2.59. The van der Waals surface area contributed by atoms with E-state index in [2.05, 4.69) is 58.5 Å². The molecule has 1 aliphatic heterocycles. The molecule has 0 radical (unpaired) electrons. The van der Waals surface area contributed by atoms with Crippen LogP contribution in [-0.2, 0) is 0 Å². The van der Waals surface area contributed by atoms with Crippen molar-refractivity contribution in [2.45, 2.75) is 33.7 Å². The first-order valence-corrected chi connectivity index (χ1v) is 7.74. The average molecular weight is 300 g/mol. The van der Waals surface area contributed by atoms with Crippen LogP contribution in [0.3, 0.4) is 0 Å². The van der Waals surface area contributed by atoms with E-state index in [0.29, 0.717) is 12.0 Å². The normalized spacial score (nSPS) is 18.2. The Labute approximate surface area is 130 Å². The molecule has 1 aliphatic rings. The van der Waals surface area contributed by atoms with Gasteiger partial charge in [0, 0.05) is 5.39 Å². The summed E-state index contributed by atoms with van der Waals surface area (Å²) in [5, 5.41) is 7.71. The van der Waals surface area contributed by atoms with Crippen molar-refractivity contribution in [3.63, 3.8) is 0 Å². The summed E-state index contributed by atoms with van der Waals surface area (Å²) in [4.78, 5) is 14.0. The smallest absolute Gasteiger partial charge is 0.275 e. The van der Waals surface area contributed by atoms with E-state index in [0.717, 1.165) is 35.9 Å². The number of fused-ring (bicyclic) bond motifs is 1. The summed E-state index contributed by atoms with van der Waals surface area (Å²) in [6.45, 7) is 10.3. The van der Waals surface area contributed by atoms with E-state index in [1.165, 1.54) is 10.5 Å². The Balaban J connectivity index is 1.82. The van der Waals surface area contributed by atoms with Gasteiger partial charge in [0.25, 0.3) is 5.95 Å². The number of quaternary nitrogens is 1. The minimum absolute atomic E-state index is 0.587. The zero-order valence-corrected chi connectivity index (χ0v) is 13.6. The third-order valence-electron chi connectivity index (χ3n) is 4.08. The Hall–Kier alpha value is -2.21. The lowest BCUT2D eigenvalue weighted by molar-refractivity contribution is -0.997. The lowest BCUT2D eigenvalue weighted by Crippen LogP contribution is -3.26. The summed E-state index contributed by atoms with van der Waals surface area (Å²) < 4.78 is 0. The van der Waals surface area contributed by atoms with Crippen LogP contribution in [0.2, 0.25) is 0 Å². The monoisotopic (exact) mass is 300 g/mol. The first kappa shape index (κ1) is 14.7. The van der Waals surface area contributed by atoms with Crippen molar-refractivity contribution in [1.82, 2.24) is 15.3 Å². The highest BCUT2D eigenvalue weighted by Gasteiger charge is 2.22. The van der Waals surface area contributed by atoms with E-state index in [4.69, 9.17) is 0 Å². The molecule has 6 heteroatoms. The molecule has 1 aromatic heterocycles. The first-order chi connectivity index (χ1) is 10.5. The SMILES string of the molecule is Cc1ccc2nc(NC3=[NH+]C[NH+](C(C)C)CN3)nc(C)c2c1. The third kappa shape index (κ3) is 3.01. The molecule has 0 saturated carbocycles. The highest BCUT2D eigenvalue weighted by Crippen LogP contribution is 2.18. The summed E-state index contributed by atoms with van der Waals surface area (Å²) in [6, 6.07) is 6.83. The Morgan fingerprint density at radius 3 is 2.77 bits per heavy atom. The van der Waals surface area contributed by atoms with Crippen molar-refractivity contribution in [1.29, 1.82) is 0 Å². The van der Waals surface area contributed by atoms with Gasteiger partial charge < -0.3 is 0 Å². The summed E-state index contributed by atoms with van der Waals surface area (Å²) in [7, 11) is 0. The Bertz CT molecular complexity index is 722. The summed E-state index contributed by atoms with van der Waals surface area (Å²) >= 11 is 0. The van der Waals surface area contributed by atoms with Gasteiger partial charge in [-0.3, -0.25) is 4.90 Å². The molecule has 0 saturated heterocycles. The Kier molecular flexibility index (Phi) is 3.94. The molecule has 22 heavy (non-hydrogen) atoms. The second kappa shape index (κ2) is 5.88. The summed E-state index contributed by atoms with van der Waals surface area (Å²) in [5.41, 5.74) is 3.18. The van der Waals surface area contributed by atoms with Gasteiger partial charge in [0.1, 0.15) is 0 Å². The van der Waals surface area contributed by atoms with Gasteiger partial charge in [-0.05, 0) is 39.8 Å². The maximum Gasteiger partial charge on any atom is 0.359 e. The number of hydrogen-bond acceptors (Lipinski definition) is 4. The molecule has 116 valence electrons. The van der Waals surface area contributed by atoms with E-state index < -0.39 is 0 Å². The minimum Gasteiger partial charge on any atom is -0.275 e. The van der Waals surface area contributed by atoms with Crippen LogP contribution < -0.4 is 20.5 Å². The van der Waals surface area contributed by atoms with Gasteiger partial charge >= 0.3 is 5.96 Å². The van der Waals surface area contributed by atoms with Crippen LogP contribution in [0.5, 0.6) is 0 Å². The molecule has 1 aromatic carbocycles. The number of nitrogens with zero attached hydrogens (tertiary/aromatic N) is 2. The van der Waals surface area contributed by atoms with Gasteiger partial charge in [0.15, 0.2) is 13.3 Å². The van der Waals surface area contributed by atoms with Gasteiger partial charge in [-0.25, -0.2) is 20.6 Å². The van der Waals surface area contributed by atoms with Crippen molar-refractivity contribution in [2.24, 2.45) is 0 Å². The quantitative estimate of drug-likeness (QED) is 0.569. The zero-order chi connectivity index (χ0) is 15.7. The standard InChI is InChI=1S/C16H22N6/c1-10(2)22-8-17-15(18-9-22)21-16-19-12(4)13-7-11(3)5-6-14(13)20-16/h5-7,10H,8-9H2,1-4H3,(H2,17,18,19,20,21)/p+2. The van der Waals surface area contributed by atoms with Crippen molar-refractivity contribution >= 4 is 22.8 Å². The van der Waals surface area contributed by atoms with Gasteiger partial charge in [-0.1, -0.05) is 11.6 Å². The highest BCUT2D eigenvalue weighted by atomic mass is 15.4. The molecular formula is C16H24N6+2. The topological polar surface area (TPSA) is 68.2 Å². The number of guanidine groups is 1. The number of rotatable bonds is 2. The fourth-order valence-electron chi connectivity index (χ4n) is 2.59. The molecule has 1 atom stereocenters. The number of hydrogen-bond donors (Lipinski definition) is 4. The molecule has 0 aliphatic carbocycles. The average Bonchev–Trinajstić information content (AvgIpc) is 2.49. The summed E-state index contributed by atoms with van der Waals surface area (Å²) in [6.07, 6.45) is 0. The molecule has 2 heterocycles. The van der Waals surface area contributed by atoms with Gasteiger partial charge in [0.05, 0.1) is 17.3 Å². The van der Waals surface area contributed by atoms with Crippen LogP contribution in [0.1, 0.15) is 25.1 Å². The third-order valence-corrected chi connectivity index (χ3v) is 4.08. The van der Waals surface area contributed by atoms with Crippen LogP contribution in [0.4, 0.5) is 5.95 Å². The Morgan fingerprint density at radius 1 is 1.27 bits per heavy atom. The van der Waals surface area contributed by atoms with Crippen LogP contribution in [0.25, 0.3) is 10.9 Å². The predicted octanol–water partition coefficient (Wildman–Crippen LogP) is -1.09. The van der Waals surface area contributed by atoms with Crippen LogP contribution >= 0.6 is 0 Å². The molecule has 0 amide bonds. The van der Waals surface area contributed by atoms with Crippen molar-refractivity contribution < 1.29 is 9.89 Å². The lowest BCUT2D eigenvalue weighted by atomic mass is 10.1. The molecule has 4 N–H and O–H groups in total. The minimum atomic E-state index is 0.587. The predicted molar refractivity (Wildman–Crippen MR) is 87.6 cm³/mol. The number of nitrogens with one attached hydrogen (secondary N) is 4. The maximum atomic E-state index is 4.60. The van der Waals surface area contributed by atoms with E-state index in [1.807, 2.05) is 13.0 Å². The van der Waals surface area contributed by atoms with Crippen LogP contribution in [0.15, 0.2) is 18.2 Å². The molecule has 0 spiro atoms. The number of aryl methyl sites for hydroxylation is 2. The van der Waals surface area contributed by atoms with Crippen molar-refractivity contribution in [3.05, 3.63) is 29.5 Å². The van der Waals surface area contributed by atoms with Crippen LogP contribution in [0, 0.1) is 13.8 Å². The number of anilines is 1. The second-order valence-corrected chi connectivity index (χ2v) is 6.17. The molecule has 2 aromatic rings. The number of aromatic nitrogens is 2. The Morgan fingerprint density at radius 2 is 2.09 bits per heavy atom. The fraction of sp³-hybridized carbons (Fsp3) is 0.438. The van der Waals surface area contributed by atoms with Gasteiger partial charge in [-0.2, -0.15) is 4.98 Å². The molecule has 6 nitrogen and oxygen atoms in total. The molecule has 0 bridgehead atoms. The van der Waals surface area contributed by atoms with Crippen LogP contribution in [-0.4, -0.2) is 35.3 Å². The van der Waals surface area contributed by atoms with Crippen molar-refractivity contribution in [2.75, 3.05) is 18.7 Å². The summed E-state index contributed by atoms with van der Waals surface area (Å²) in [5.74, 6) is 1.49. The number of benzene rings is 1. The first-order valence-electron chi connectivity index (χ1n) is 7.74. The largest absolute Gasteiger partial charge is 0.359 e. The maximum absolute atomic E-state index is 4.60. The van der Waals surface area contributed by atoms with E-state index in [-0.39, 0.29) is 0 Å². The zero-order valence-electron chi connectivity index (χ0n) is 13.6.